The van der Waals surface area contributed by atoms with Gasteiger partial charge >= 0.3 is 0 Å². The van der Waals surface area contributed by atoms with E-state index in [1.165, 1.54) is 38.3 Å². The Balaban J connectivity index is 2.71. The molecule has 134 valence electrons. The molecule has 9 heteroatoms. The van der Waals surface area contributed by atoms with Crippen molar-refractivity contribution in [3.05, 3.63) is 52.0 Å². The number of ether oxygens (including phenoxy) is 1. The van der Waals surface area contributed by atoms with Gasteiger partial charge in [0.15, 0.2) is 0 Å². The standard InChI is InChI=1S/C16H14BrCl2NO4S/c1-10(16(19)21)20(14-9-12(18)5-8-15(14)24-2)25(22,23)13-6-3-11(17)4-7-13/h3-10H,1-2H3. The van der Waals surface area contributed by atoms with E-state index in [2.05, 4.69) is 15.9 Å². The van der Waals surface area contributed by atoms with Crippen molar-refractivity contribution in [2.45, 2.75) is 17.9 Å². The number of benzene rings is 2. The summed E-state index contributed by atoms with van der Waals surface area (Å²) in [5.41, 5.74) is 0.124. The maximum atomic E-state index is 13.2. The molecule has 0 aromatic heterocycles. The molecule has 2 aromatic carbocycles. The van der Waals surface area contributed by atoms with E-state index in [9.17, 15) is 13.2 Å². The number of rotatable bonds is 6. The van der Waals surface area contributed by atoms with Crippen molar-refractivity contribution in [1.82, 2.24) is 0 Å². The van der Waals surface area contributed by atoms with E-state index in [0.717, 1.165) is 8.78 Å². The Kier molecular flexibility index (Phi) is 6.37. The highest BCUT2D eigenvalue weighted by Gasteiger charge is 2.34. The van der Waals surface area contributed by atoms with Gasteiger partial charge in [0, 0.05) is 9.50 Å². The third kappa shape index (κ3) is 4.28. The van der Waals surface area contributed by atoms with E-state index in [-0.39, 0.29) is 16.3 Å². The quantitative estimate of drug-likeness (QED) is 0.589. The van der Waals surface area contributed by atoms with Crippen molar-refractivity contribution in [3.8, 4) is 5.75 Å². The molecule has 1 unspecified atom stereocenters. The lowest BCUT2D eigenvalue weighted by atomic mass is 10.2. The van der Waals surface area contributed by atoms with E-state index in [0.29, 0.717) is 5.02 Å². The van der Waals surface area contributed by atoms with Crippen LogP contribution in [0.4, 0.5) is 5.69 Å². The average molecular weight is 467 g/mol. The highest BCUT2D eigenvalue weighted by Crippen LogP contribution is 2.36. The molecule has 0 amide bonds. The van der Waals surface area contributed by atoms with Crippen LogP contribution in [0.2, 0.25) is 5.02 Å². The van der Waals surface area contributed by atoms with Crippen molar-refractivity contribution in [3.63, 3.8) is 0 Å². The highest BCUT2D eigenvalue weighted by molar-refractivity contribution is 9.10. The summed E-state index contributed by atoms with van der Waals surface area (Å²) in [6.07, 6.45) is 0. The molecule has 2 aromatic rings. The van der Waals surface area contributed by atoms with Gasteiger partial charge in [0.25, 0.3) is 10.0 Å². The third-order valence-electron chi connectivity index (χ3n) is 3.43. The SMILES string of the molecule is COc1ccc(Cl)cc1N(C(C)C(=O)Cl)S(=O)(=O)c1ccc(Br)cc1. The molecule has 0 radical (unpaired) electrons. The predicted molar refractivity (Wildman–Crippen MR) is 102 cm³/mol. The maximum absolute atomic E-state index is 13.2. The molecule has 0 saturated carbocycles. The van der Waals surface area contributed by atoms with E-state index < -0.39 is 21.3 Å². The van der Waals surface area contributed by atoms with Crippen molar-refractivity contribution in [2.75, 3.05) is 11.4 Å². The number of carbonyl (C=O) groups excluding carboxylic acids is 1. The summed E-state index contributed by atoms with van der Waals surface area (Å²) in [7, 11) is -2.70. The Morgan fingerprint density at radius 3 is 2.32 bits per heavy atom. The van der Waals surface area contributed by atoms with Gasteiger partial charge < -0.3 is 4.74 Å². The fourth-order valence-corrected chi connectivity index (χ4v) is 4.40. The van der Waals surface area contributed by atoms with Crippen LogP contribution in [0.5, 0.6) is 5.75 Å². The molecule has 1 atom stereocenters. The molecule has 2 rings (SSSR count). The minimum atomic E-state index is -4.10. The van der Waals surface area contributed by atoms with Crippen molar-refractivity contribution >= 4 is 60.1 Å². The number of methoxy groups -OCH3 is 1. The zero-order chi connectivity index (χ0) is 18.8. The summed E-state index contributed by atoms with van der Waals surface area (Å²) >= 11 is 14.9. The normalized spacial score (nSPS) is 12.5. The van der Waals surface area contributed by atoms with E-state index in [1.807, 2.05) is 0 Å². The lowest BCUT2D eigenvalue weighted by Gasteiger charge is -2.29. The Bertz CT molecular complexity index is 888. The lowest BCUT2D eigenvalue weighted by molar-refractivity contribution is -0.112. The smallest absolute Gasteiger partial charge is 0.265 e. The summed E-state index contributed by atoms with van der Waals surface area (Å²) < 4.78 is 33.2. The van der Waals surface area contributed by atoms with Gasteiger partial charge in [-0.3, -0.25) is 9.10 Å². The van der Waals surface area contributed by atoms with E-state index in [1.54, 1.807) is 18.2 Å². The Morgan fingerprint density at radius 2 is 1.80 bits per heavy atom. The van der Waals surface area contributed by atoms with Crippen LogP contribution in [0.25, 0.3) is 0 Å². The summed E-state index contributed by atoms with van der Waals surface area (Å²) in [4.78, 5) is 11.8. The highest BCUT2D eigenvalue weighted by atomic mass is 79.9. The second-order valence-electron chi connectivity index (χ2n) is 5.05. The third-order valence-corrected chi connectivity index (χ3v) is 6.41. The van der Waals surface area contributed by atoms with Crippen LogP contribution in [-0.2, 0) is 14.8 Å². The largest absolute Gasteiger partial charge is 0.495 e. The van der Waals surface area contributed by atoms with Crippen LogP contribution < -0.4 is 9.04 Å². The van der Waals surface area contributed by atoms with Gasteiger partial charge in [0.2, 0.25) is 5.24 Å². The van der Waals surface area contributed by atoms with Crippen LogP contribution in [0.3, 0.4) is 0 Å². The minimum absolute atomic E-state index is 0.00231. The zero-order valence-corrected chi connectivity index (χ0v) is 17.2. The summed E-state index contributed by atoms with van der Waals surface area (Å²) in [6.45, 7) is 1.39. The van der Waals surface area contributed by atoms with Crippen LogP contribution in [0.1, 0.15) is 6.92 Å². The molecular weight excluding hydrogens is 453 g/mol. The van der Waals surface area contributed by atoms with E-state index >= 15 is 0 Å². The summed E-state index contributed by atoms with van der Waals surface area (Å²) in [5.74, 6) is 0.245. The van der Waals surface area contributed by atoms with Gasteiger partial charge in [0.1, 0.15) is 11.8 Å². The fourth-order valence-electron chi connectivity index (χ4n) is 2.19. The summed E-state index contributed by atoms with van der Waals surface area (Å²) in [5, 5.41) is -0.538. The fraction of sp³-hybridized carbons (Fsp3) is 0.188. The van der Waals surface area contributed by atoms with Crippen LogP contribution in [0, 0.1) is 0 Å². The van der Waals surface area contributed by atoms with Gasteiger partial charge in [0.05, 0.1) is 17.7 Å². The molecule has 0 bridgehead atoms. The number of hydrogen-bond donors (Lipinski definition) is 0. The Morgan fingerprint density at radius 1 is 1.20 bits per heavy atom. The Hall–Kier alpha value is -1.28. The molecule has 0 saturated heterocycles. The number of hydrogen-bond acceptors (Lipinski definition) is 4. The molecule has 0 N–H and O–H groups in total. The minimum Gasteiger partial charge on any atom is -0.495 e. The first kappa shape index (κ1) is 20.0. The topological polar surface area (TPSA) is 63.7 Å². The number of sulfonamides is 1. The van der Waals surface area contributed by atoms with E-state index in [4.69, 9.17) is 27.9 Å². The average Bonchev–Trinajstić information content (AvgIpc) is 2.55. The van der Waals surface area contributed by atoms with Crippen LogP contribution in [0.15, 0.2) is 51.8 Å². The molecule has 0 fully saturated rings. The number of nitrogens with zero attached hydrogens (tertiary/aromatic N) is 1. The molecule has 0 aliphatic heterocycles. The van der Waals surface area contributed by atoms with Gasteiger partial charge in [-0.25, -0.2) is 8.42 Å². The van der Waals surface area contributed by atoms with Crippen molar-refractivity contribution < 1.29 is 17.9 Å². The maximum Gasteiger partial charge on any atom is 0.265 e. The Labute approximate surface area is 164 Å². The van der Waals surface area contributed by atoms with Crippen molar-refractivity contribution in [1.29, 1.82) is 0 Å². The predicted octanol–water partition coefficient (Wildman–Crippen LogP) is 4.46. The molecule has 5 nitrogen and oxygen atoms in total. The second-order valence-corrected chi connectivity index (χ2v) is 8.59. The molecule has 25 heavy (non-hydrogen) atoms. The van der Waals surface area contributed by atoms with Crippen LogP contribution in [-0.4, -0.2) is 26.8 Å². The molecule has 0 aliphatic carbocycles. The van der Waals surface area contributed by atoms with Crippen molar-refractivity contribution in [2.24, 2.45) is 0 Å². The summed E-state index contributed by atoms with van der Waals surface area (Å²) in [6, 6.07) is 9.36. The number of halogens is 3. The van der Waals surface area contributed by atoms with Gasteiger partial charge in [-0.05, 0) is 61.0 Å². The second kappa shape index (κ2) is 7.95. The molecule has 0 spiro atoms. The molecule has 0 aliphatic rings. The number of anilines is 1. The molecule has 0 heterocycles. The molecular formula is C16H14BrCl2NO4S. The first-order valence-electron chi connectivity index (χ1n) is 7.01. The number of carbonyl (C=O) groups is 1. The van der Waals surface area contributed by atoms with Gasteiger partial charge in [-0.2, -0.15) is 0 Å². The van der Waals surface area contributed by atoms with Crippen LogP contribution >= 0.6 is 39.1 Å². The first-order chi connectivity index (χ1) is 11.7. The zero-order valence-electron chi connectivity index (χ0n) is 13.2. The monoisotopic (exact) mass is 465 g/mol. The lowest BCUT2D eigenvalue weighted by Crippen LogP contribution is -2.42. The first-order valence-corrected chi connectivity index (χ1v) is 10.00. The van der Waals surface area contributed by atoms with Gasteiger partial charge in [-0.15, -0.1) is 0 Å². The van der Waals surface area contributed by atoms with Gasteiger partial charge in [-0.1, -0.05) is 27.5 Å².